The summed E-state index contributed by atoms with van der Waals surface area (Å²) in [7, 11) is 0. The van der Waals surface area contributed by atoms with Gasteiger partial charge in [-0.3, -0.25) is 9.59 Å². The highest BCUT2D eigenvalue weighted by Crippen LogP contribution is 2.15. The van der Waals surface area contributed by atoms with Gasteiger partial charge in [-0.05, 0) is 19.3 Å². The van der Waals surface area contributed by atoms with Crippen molar-refractivity contribution in [3.8, 4) is 0 Å². The van der Waals surface area contributed by atoms with Crippen LogP contribution in [0.15, 0.2) is 0 Å². The molecule has 0 aliphatic heterocycles. The van der Waals surface area contributed by atoms with E-state index in [0.717, 1.165) is 25.7 Å². The second-order valence-corrected chi connectivity index (χ2v) is 4.25. The van der Waals surface area contributed by atoms with Crippen molar-refractivity contribution >= 4 is 11.9 Å². The van der Waals surface area contributed by atoms with Gasteiger partial charge in [0, 0.05) is 13.0 Å². The normalized spacial score (nSPS) is 12.3. The van der Waals surface area contributed by atoms with Gasteiger partial charge >= 0.3 is 11.9 Å². The van der Waals surface area contributed by atoms with Crippen molar-refractivity contribution in [1.82, 2.24) is 0 Å². The number of carbonyl (C=O) groups is 2. The van der Waals surface area contributed by atoms with Crippen LogP contribution in [-0.2, 0) is 9.59 Å². The van der Waals surface area contributed by atoms with Gasteiger partial charge < -0.3 is 15.3 Å². The predicted octanol–water partition coefficient (Wildman–Crippen LogP) is 1.88. The van der Waals surface area contributed by atoms with E-state index in [2.05, 4.69) is 0 Å². The molecule has 1 atom stereocenters. The van der Waals surface area contributed by atoms with Gasteiger partial charge in [-0.2, -0.15) is 0 Å². The molecule has 0 rings (SSSR count). The Hall–Kier alpha value is -1.10. The summed E-state index contributed by atoms with van der Waals surface area (Å²) in [4.78, 5) is 21.0. The molecule has 0 aromatic rings. The largest absolute Gasteiger partial charge is 0.481 e. The summed E-state index contributed by atoms with van der Waals surface area (Å²) in [6.45, 7) is -0.0877. The molecule has 0 spiro atoms. The lowest BCUT2D eigenvalue weighted by molar-refractivity contribution is -0.142. The third-order valence-corrected chi connectivity index (χ3v) is 2.77. The van der Waals surface area contributed by atoms with Crippen molar-refractivity contribution in [1.29, 1.82) is 0 Å². The van der Waals surface area contributed by atoms with Crippen molar-refractivity contribution in [3.05, 3.63) is 0 Å². The molecule has 3 N–H and O–H groups in total. The molecule has 0 aliphatic carbocycles. The van der Waals surface area contributed by atoms with E-state index >= 15 is 0 Å². The molecule has 17 heavy (non-hydrogen) atoms. The SMILES string of the molecule is O=C(O)CCCCCCCC(CCO)C(=O)O. The van der Waals surface area contributed by atoms with E-state index in [0.29, 0.717) is 19.3 Å². The highest BCUT2D eigenvalue weighted by atomic mass is 16.4. The van der Waals surface area contributed by atoms with Gasteiger partial charge in [0.2, 0.25) is 0 Å². The summed E-state index contributed by atoms with van der Waals surface area (Å²) < 4.78 is 0. The maximum atomic E-state index is 10.8. The van der Waals surface area contributed by atoms with Crippen molar-refractivity contribution in [2.45, 2.75) is 51.4 Å². The Labute approximate surface area is 101 Å². The number of aliphatic hydroxyl groups excluding tert-OH is 1. The smallest absolute Gasteiger partial charge is 0.306 e. The van der Waals surface area contributed by atoms with Crippen LogP contribution in [0.1, 0.15) is 51.4 Å². The molecule has 1 unspecified atom stereocenters. The number of hydrogen-bond acceptors (Lipinski definition) is 3. The standard InChI is InChI=1S/C12H22O5/c13-9-8-10(12(16)17)6-4-2-1-3-5-7-11(14)15/h10,13H,1-9H2,(H,14,15)(H,16,17). The van der Waals surface area contributed by atoms with Gasteiger partial charge in [0.05, 0.1) is 5.92 Å². The van der Waals surface area contributed by atoms with E-state index < -0.39 is 17.9 Å². The molecule has 0 aliphatic rings. The summed E-state index contributed by atoms with van der Waals surface area (Å²) in [5, 5.41) is 25.9. The van der Waals surface area contributed by atoms with Gasteiger partial charge in [0.25, 0.3) is 0 Å². The van der Waals surface area contributed by atoms with Crippen LogP contribution in [0.2, 0.25) is 0 Å². The summed E-state index contributed by atoms with van der Waals surface area (Å²) in [6.07, 6.45) is 5.38. The zero-order valence-electron chi connectivity index (χ0n) is 10.1. The van der Waals surface area contributed by atoms with Gasteiger partial charge in [-0.15, -0.1) is 0 Å². The summed E-state index contributed by atoms with van der Waals surface area (Å²) in [6, 6.07) is 0. The third-order valence-electron chi connectivity index (χ3n) is 2.77. The quantitative estimate of drug-likeness (QED) is 0.484. The van der Waals surface area contributed by atoms with Gasteiger partial charge in [0.15, 0.2) is 0 Å². The van der Waals surface area contributed by atoms with Crippen molar-refractivity contribution in [2.75, 3.05) is 6.61 Å². The number of aliphatic hydroxyl groups is 1. The molecule has 5 nitrogen and oxygen atoms in total. The first-order valence-electron chi connectivity index (χ1n) is 6.13. The number of rotatable bonds is 11. The van der Waals surface area contributed by atoms with Crippen LogP contribution in [-0.4, -0.2) is 33.9 Å². The third kappa shape index (κ3) is 9.81. The van der Waals surface area contributed by atoms with E-state index in [1.165, 1.54) is 0 Å². The van der Waals surface area contributed by atoms with Crippen LogP contribution < -0.4 is 0 Å². The van der Waals surface area contributed by atoms with Crippen LogP contribution in [0.25, 0.3) is 0 Å². The number of hydrogen-bond donors (Lipinski definition) is 3. The van der Waals surface area contributed by atoms with Crippen molar-refractivity contribution in [2.24, 2.45) is 5.92 Å². The minimum Gasteiger partial charge on any atom is -0.481 e. The topological polar surface area (TPSA) is 94.8 Å². The van der Waals surface area contributed by atoms with E-state index in [9.17, 15) is 9.59 Å². The molecule has 5 heteroatoms. The fourth-order valence-electron chi connectivity index (χ4n) is 1.74. The molecule has 0 saturated carbocycles. The van der Waals surface area contributed by atoms with Crippen LogP contribution in [0.4, 0.5) is 0 Å². The molecule has 0 heterocycles. The fourth-order valence-corrected chi connectivity index (χ4v) is 1.74. The zero-order chi connectivity index (χ0) is 13.1. The highest BCUT2D eigenvalue weighted by Gasteiger charge is 2.15. The van der Waals surface area contributed by atoms with E-state index in [4.69, 9.17) is 15.3 Å². The van der Waals surface area contributed by atoms with Crippen molar-refractivity contribution in [3.63, 3.8) is 0 Å². The van der Waals surface area contributed by atoms with E-state index in [1.54, 1.807) is 0 Å². The Balaban J connectivity index is 3.42. The lowest BCUT2D eigenvalue weighted by atomic mass is 9.97. The number of carboxylic acid groups (broad SMARTS) is 2. The van der Waals surface area contributed by atoms with Crippen LogP contribution in [0, 0.1) is 5.92 Å². The van der Waals surface area contributed by atoms with Crippen LogP contribution in [0.3, 0.4) is 0 Å². The van der Waals surface area contributed by atoms with Crippen LogP contribution in [0.5, 0.6) is 0 Å². The first kappa shape index (κ1) is 15.9. The Morgan fingerprint density at radius 2 is 1.47 bits per heavy atom. The Bertz CT molecular complexity index is 227. The number of unbranched alkanes of at least 4 members (excludes halogenated alkanes) is 4. The average Bonchev–Trinajstić information content (AvgIpc) is 2.25. The minimum atomic E-state index is -0.843. The number of aliphatic carboxylic acids is 2. The molecule has 0 saturated heterocycles. The first-order chi connectivity index (χ1) is 8.07. The molecule has 0 bridgehead atoms. The Kier molecular flexibility index (Phi) is 9.43. The lowest BCUT2D eigenvalue weighted by Crippen LogP contribution is -2.15. The first-order valence-corrected chi connectivity index (χ1v) is 6.13. The summed E-state index contributed by atoms with van der Waals surface area (Å²) in [5.74, 6) is -2.05. The molecule has 0 aromatic carbocycles. The maximum Gasteiger partial charge on any atom is 0.306 e. The molecule has 0 fully saturated rings. The fraction of sp³-hybridized carbons (Fsp3) is 0.833. The number of carboxylic acids is 2. The van der Waals surface area contributed by atoms with E-state index in [-0.39, 0.29) is 13.0 Å². The highest BCUT2D eigenvalue weighted by molar-refractivity contribution is 5.69. The lowest BCUT2D eigenvalue weighted by Gasteiger charge is -2.09. The average molecular weight is 246 g/mol. The molecule has 0 amide bonds. The second kappa shape index (κ2) is 10.1. The molecule has 0 aromatic heterocycles. The molecular formula is C12H22O5. The summed E-state index contributed by atoms with van der Waals surface area (Å²) >= 11 is 0. The van der Waals surface area contributed by atoms with Gasteiger partial charge in [-0.1, -0.05) is 25.7 Å². The predicted molar refractivity (Wildman–Crippen MR) is 62.8 cm³/mol. The molecule has 100 valence electrons. The maximum absolute atomic E-state index is 10.8. The Morgan fingerprint density at radius 3 is 2.00 bits per heavy atom. The second-order valence-electron chi connectivity index (χ2n) is 4.25. The Morgan fingerprint density at radius 1 is 0.882 bits per heavy atom. The summed E-state index contributed by atoms with van der Waals surface area (Å²) in [5.41, 5.74) is 0. The molecular weight excluding hydrogens is 224 g/mol. The van der Waals surface area contributed by atoms with Gasteiger partial charge in [-0.25, -0.2) is 0 Å². The minimum absolute atomic E-state index is 0.0877. The van der Waals surface area contributed by atoms with E-state index in [1.807, 2.05) is 0 Å². The molecule has 0 radical (unpaired) electrons. The van der Waals surface area contributed by atoms with Crippen molar-refractivity contribution < 1.29 is 24.9 Å². The van der Waals surface area contributed by atoms with Crippen LogP contribution >= 0.6 is 0 Å². The monoisotopic (exact) mass is 246 g/mol. The zero-order valence-corrected chi connectivity index (χ0v) is 10.1. The van der Waals surface area contributed by atoms with Gasteiger partial charge in [0.1, 0.15) is 0 Å².